The molecule has 28 heavy (non-hydrogen) atoms. The summed E-state index contributed by atoms with van der Waals surface area (Å²) in [4.78, 5) is 10.3. The van der Waals surface area contributed by atoms with Gasteiger partial charge in [0.1, 0.15) is 12.0 Å². The quantitative estimate of drug-likeness (QED) is 0.409. The molecule has 160 valence electrons. The van der Waals surface area contributed by atoms with Gasteiger partial charge in [0.15, 0.2) is 0 Å². The summed E-state index contributed by atoms with van der Waals surface area (Å²) < 4.78 is 170. The van der Waals surface area contributed by atoms with Crippen molar-refractivity contribution in [3.8, 4) is 5.75 Å². The molecule has 0 aliphatic rings. The third kappa shape index (κ3) is 3.45. The number of aldehydes is 1. The lowest BCUT2D eigenvalue weighted by molar-refractivity contribution is -0.456. The van der Waals surface area contributed by atoms with E-state index in [-0.39, 0.29) is 11.8 Å². The highest BCUT2D eigenvalue weighted by Crippen LogP contribution is 2.60. The van der Waals surface area contributed by atoms with Gasteiger partial charge >= 0.3 is 36.0 Å². The highest BCUT2D eigenvalue weighted by Gasteiger charge is 2.91. The highest BCUT2D eigenvalue weighted by atomic mass is 19.4. The lowest BCUT2D eigenvalue weighted by atomic mass is 9.97. The predicted molar refractivity (Wildman–Crippen MR) is 63.2 cm³/mol. The van der Waals surface area contributed by atoms with Gasteiger partial charge in [-0.2, -0.15) is 57.1 Å². The van der Waals surface area contributed by atoms with E-state index in [1.165, 1.54) is 0 Å². The molecule has 0 heterocycles. The molecule has 0 aliphatic carbocycles. The molecule has 0 saturated heterocycles. The number of benzene rings is 1. The number of carbonyl (C=O) groups is 1. The second kappa shape index (κ2) is 6.69. The second-order valence-electron chi connectivity index (χ2n) is 5.10. The minimum atomic E-state index is -7.99. The Morgan fingerprint density at radius 2 is 1.00 bits per heavy atom. The van der Waals surface area contributed by atoms with Gasteiger partial charge in [-0.05, 0) is 24.3 Å². The Kier molecular flexibility index (Phi) is 5.69. The Labute approximate surface area is 145 Å². The van der Waals surface area contributed by atoms with Crippen molar-refractivity contribution in [2.45, 2.75) is 36.0 Å². The highest BCUT2D eigenvalue weighted by molar-refractivity contribution is 5.74. The number of ether oxygens (including phenoxy) is 1. The summed E-state index contributed by atoms with van der Waals surface area (Å²) in [6.45, 7) is 0. The summed E-state index contributed by atoms with van der Waals surface area (Å²) in [5.74, 6) is -32.7. The Hall–Kier alpha value is -2.22. The summed E-state index contributed by atoms with van der Waals surface area (Å²) in [6, 6.07) is 1.88. The minimum Gasteiger partial charge on any atom is -0.428 e. The average Bonchev–Trinajstić information content (AvgIpc) is 2.53. The number of halogens is 13. The van der Waals surface area contributed by atoms with E-state index in [1.807, 2.05) is 0 Å². The van der Waals surface area contributed by atoms with Gasteiger partial charge in [-0.25, -0.2) is 0 Å². The number of hydrogen-bond acceptors (Lipinski definition) is 2. The molecule has 0 aliphatic heterocycles. The van der Waals surface area contributed by atoms with Crippen molar-refractivity contribution in [1.82, 2.24) is 0 Å². The number of carbonyl (C=O) groups excluding carboxylic acids is 1. The normalized spacial score (nSPS) is 14.8. The van der Waals surface area contributed by atoms with Gasteiger partial charge in [-0.3, -0.25) is 4.79 Å². The first kappa shape index (κ1) is 23.8. The van der Waals surface area contributed by atoms with Crippen molar-refractivity contribution in [3.05, 3.63) is 29.8 Å². The number of alkyl halides is 13. The van der Waals surface area contributed by atoms with E-state index >= 15 is 0 Å². The first-order valence-corrected chi connectivity index (χ1v) is 6.46. The molecule has 0 fully saturated rings. The molecule has 0 bridgehead atoms. The maximum absolute atomic E-state index is 13.4. The van der Waals surface area contributed by atoms with E-state index in [0.717, 1.165) is 0 Å². The lowest BCUT2D eigenvalue weighted by Gasteiger charge is -2.39. The molecule has 0 spiro atoms. The molecule has 1 aromatic rings. The molecule has 0 radical (unpaired) electrons. The zero-order chi connectivity index (χ0) is 22.4. The van der Waals surface area contributed by atoms with E-state index in [1.54, 1.807) is 0 Å². The molecular formula is C13H5F13O2. The van der Waals surface area contributed by atoms with Gasteiger partial charge in [0, 0.05) is 5.56 Å². The van der Waals surface area contributed by atoms with Crippen LogP contribution in [-0.2, 0) is 0 Å². The summed E-state index contributed by atoms with van der Waals surface area (Å²) in [5, 5.41) is 0. The molecule has 1 rings (SSSR count). The van der Waals surface area contributed by atoms with Crippen LogP contribution in [0.3, 0.4) is 0 Å². The molecule has 0 N–H and O–H groups in total. The van der Waals surface area contributed by atoms with Crippen LogP contribution >= 0.6 is 0 Å². The largest absolute Gasteiger partial charge is 0.471 e. The Morgan fingerprint density at radius 3 is 1.36 bits per heavy atom. The van der Waals surface area contributed by atoms with Crippen LogP contribution in [0.2, 0.25) is 0 Å². The fourth-order valence-electron chi connectivity index (χ4n) is 1.58. The Bertz CT molecular complexity index is 706. The van der Waals surface area contributed by atoms with Crippen LogP contribution in [0.25, 0.3) is 0 Å². The van der Waals surface area contributed by atoms with Gasteiger partial charge in [-0.15, -0.1) is 0 Å². The molecule has 0 unspecified atom stereocenters. The smallest absolute Gasteiger partial charge is 0.428 e. The fourth-order valence-corrected chi connectivity index (χ4v) is 1.58. The lowest BCUT2D eigenvalue weighted by Crippen LogP contribution is -2.70. The van der Waals surface area contributed by atoms with Crippen LogP contribution in [-0.4, -0.2) is 42.3 Å². The monoisotopic (exact) mass is 440 g/mol. The molecule has 0 atom stereocenters. The summed E-state index contributed by atoms with van der Waals surface area (Å²) in [5.41, 5.74) is -0.260. The van der Waals surface area contributed by atoms with Crippen molar-refractivity contribution < 1.29 is 66.6 Å². The van der Waals surface area contributed by atoms with Crippen LogP contribution in [0.4, 0.5) is 57.1 Å². The molecule has 0 aromatic heterocycles. The van der Waals surface area contributed by atoms with Gasteiger partial charge < -0.3 is 4.74 Å². The van der Waals surface area contributed by atoms with Gasteiger partial charge in [0.2, 0.25) is 0 Å². The zero-order valence-electron chi connectivity index (χ0n) is 12.6. The van der Waals surface area contributed by atoms with Crippen LogP contribution in [0.5, 0.6) is 5.75 Å². The third-order valence-corrected chi connectivity index (χ3v) is 3.17. The summed E-state index contributed by atoms with van der Waals surface area (Å²) in [6.07, 6.45) is -14.0. The Morgan fingerprint density at radius 1 is 0.607 bits per heavy atom. The first-order chi connectivity index (χ1) is 12.3. The van der Waals surface area contributed by atoms with Crippen LogP contribution in [0.15, 0.2) is 24.3 Å². The van der Waals surface area contributed by atoms with Gasteiger partial charge in [0.05, 0.1) is 0 Å². The van der Waals surface area contributed by atoms with E-state index < -0.39 is 41.7 Å². The van der Waals surface area contributed by atoms with Crippen molar-refractivity contribution >= 4 is 6.29 Å². The molecule has 0 saturated carbocycles. The van der Waals surface area contributed by atoms with Gasteiger partial charge in [0.25, 0.3) is 0 Å². The molecule has 0 amide bonds. The minimum absolute atomic E-state index is 0.116. The van der Waals surface area contributed by atoms with E-state index in [4.69, 9.17) is 0 Å². The van der Waals surface area contributed by atoms with E-state index in [0.29, 0.717) is 24.3 Å². The van der Waals surface area contributed by atoms with Crippen molar-refractivity contribution in [2.75, 3.05) is 0 Å². The van der Waals surface area contributed by atoms with Crippen molar-refractivity contribution in [2.24, 2.45) is 0 Å². The SMILES string of the molecule is O=Cc1ccc(OC(F)(F)C(F)(F)C(F)(F)C(F)(F)C(F)(F)C(F)(F)F)cc1. The van der Waals surface area contributed by atoms with Crippen molar-refractivity contribution in [1.29, 1.82) is 0 Å². The van der Waals surface area contributed by atoms with E-state index in [2.05, 4.69) is 4.74 Å². The molecular weight excluding hydrogens is 435 g/mol. The molecule has 2 nitrogen and oxygen atoms in total. The predicted octanol–water partition coefficient (Wildman–Crippen LogP) is 5.57. The second-order valence-corrected chi connectivity index (χ2v) is 5.10. The Balaban J connectivity index is 3.37. The van der Waals surface area contributed by atoms with E-state index in [9.17, 15) is 61.9 Å². The number of hydrogen-bond donors (Lipinski definition) is 0. The van der Waals surface area contributed by atoms with Gasteiger partial charge in [-0.1, -0.05) is 0 Å². The maximum Gasteiger partial charge on any atom is 0.471 e. The third-order valence-electron chi connectivity index (χ3n) is 3.17. The maximum atomic E-state index is 13.4. The number of rotatable bonds is 7. The summed E-state index contributed by atoms with van der Waals surface area (Å²) >= 11 is 0. The summed E-state index contributed by atoms with van der Waals surface area (Å²) in [7, 11) is 0. The first-order valence-electron chi connectivity index (χ1n) is 6.46. The molecule has 15 heteroatoms. The topological polar surface area (TPSA) is 26.3 Å². The zero-order valence-corrected chi connectivity index (χ0v) is 12.6. The van der Waals surface area contributed by atoms with Crippen LogP contribution < -0.4 is 4.74 Å². The standard InChI is InChI=1S/C13H5F13O2/c14-8(15,10(18,19)12(22,23)24)9(16,17)11(20,21)13(25,26)28-7-3-1-6(5-27)2-4-7/h1-5H. The van der Waals surface area contributed by atoms with Crippen LogP contribution in [0.1, 0.15) is 10.4 Å². The van der Waals surface area contributed by atoms with Crippen molar-refractivity contribution in [3.63, 3.8) is 0 Å². The molecule has 1 aromatic carbocycles. The van der Waals surface area contributed by atoms with Crippen LogP contribution in [0, 0.1) is 0 Å². The average molecular weight is 440 g/mol. The fraction of sp³-hybridized carbons (Fsp3) is 0.462.